The Morgan fingerprint density at radius 2 is 1.90 bits per heavy atom. The first-order valence-electron chi connectivity index (χ1n) is 8.99. The second-order valence-corrected chi connectivity index (χ2v) is 8.80. The number of fused-ring (bicyclic) bond motifs is 2. The van der Waals surface area contributed by atoms with Crippen LogP contribution in [-0.2, 0) is 10.0 Å². The number of anilines is 1. The van der Waals surface area contributed by atoms with Crippen molar-refractivity contribution in [2.75, 3.05) is 4.72 Å². The Labute approximate surface area is 164 Å². The van der Waals surface area contributed by atoms with Gasteiger partial charge in [-0.3, -0.25) is 9.52 Å². The zero-order chi connectivity index (χ0) is 20.8. The van der Waals surface area contributed by atoms with Crippen LogP contribution in [0, 0.1) is 0 Å². The molecule has 3 unspecified atom stereocenters. The third-order valence-corrected chi connectivity index (χ3v) is 6.29. The molecule has 4 rings (SSSR count). The molecule has 2 aliphatic heterocycles. The SMILES string of the molecule is O=C(NC1CC2CCC1N2)c1ccc(-c2ccccc2NS(=O)(=O)C(F)(F)F)o1. The van der Waals surface area contributed by atoms with Crippen molar-refractivity contribution in [1.82, 2.24) is 10.6 Å². The van der Waals surface area contributed by atoms with Gasteiger partial charge in [-0.05, 0) is 43.5 Å². The lowest BCUT2D eigenvalue weighted by atomic mass is 9.95. The molecule has 11 heteroatoms. The van der Waals surface area contributed by atoms with Crippen LogP contribution in [0.25, 0.3) is 11.3 Å². The van der Waals surface area contributed by atoms with Crippen molar-refractivity contribution in [1.29, 1.82) is 0 Å². The molecule has 1 aromatic carbocycles. The number of furan rings is 1. The standard InChI is InChI=1S/C18H18F3N3O4S/c19-18(20,21)29(26,27)24-12-4-2-1-3-11(12)15-7-8-16(28-15)17(25)23-14-9-10-5-6-13(14)22-10/h1-4,7-8,10,13-14,22,24H,5-6,9H2,(H,23,25). The summed E-state index contributed by atoms with van der Waals surface area (Å²) < 4.78 is 68.0. The van der Waals surface area contributed by atoms with E-state index in [2.05, 4.69) is 10.6 Å². The summed E-state index contributed by atoms with van der Waals surface area (Å²) in [5.41, 5.74) is -5.67. The number of carbonyl (C=O) groups excluding carboxylic acids is 1. The Hall–Kier alpha value is -2.53. The van der Waals surface area contributed by atoms with E-state index in [-0.39, 0.29) is 34.9 Å². The fourth-order valence-corrected chi connectivity index (χ4v) is 4.40. The largest absolute Gasteiger partial charge is 0.516 e. The first-order chi connectivity index (χ1) is 13.6. The smallest absolute Gasteiger partial charge is 0.451 e. The number of para-hydroxylation sites is 1. The van der Waals surface area contributed by atoms with Crippen LogP contribution in [0.15, 0.2) is 40.8 Å². The van der Waals surface area contributed by atoms with Gasteiger partial charge in [-0.25, -0.2) is 0 Å². The third-order valence-electron chi connectivity index (χ3n) is 5.19. The van der Waals surface area contributed by atoms with Crippen molar-refractivity contribution >= 4 is 21.6 Å². The summed E-state index contributed by atoms with van der Waals surface area (Å²) in [5, 5.41) is 6.31. The average Bonchev–Trinajstić information content (AvgIpc) is 3.37. The first-order valence-corrected chi connectivity index (χ1v) is 10.5. The van der Waals surface area contributed by atoms with Crippen molar-refractivity contribution < 1.29 is 30.8 Å². The van der Waals surface area contributed by atoms with Gasteiger partial charge in [0.25, 0.3) is 5.91 Å². The quantitative estimate of drug-likeness (QED) is 0.679. The van der Waals surface area contributed by atoms with Gasteiger partial charge in [0.15, 0.2) is 5.76 Å². The van der Waals surface area contributed by atoms with Crippen LogP contribution in [0.3, 0.4) is 0 Å². The van der Waals surface area contributed by atoms with Crippen LogP contribution in [-0.4, -0.2) is 38.0 Å². The summed E-state index contributed by atoms with van der Waals surface area (Å²) in [6, 6.07) is 8.94. The van der Waals surface area contributed by atoms with Crippen LogP contribution in [0.4, 0.5) is 18.9 Å². The monoisotopic (exact) mass is 429 g/mol. The molecular formula is C18H18F3N3O4S. The molecule has 156 valence electrons. The predicted molar refractivity (Wildman–Crippen MR) is 98.6 cm³/mol. The van der Waals surface area contributed by atoms with Gasteiger partial charge in [0.1, 0.15) is 5.76 Å². The van der Waals surface area contributed by atoms with E-state index in [1.54, 1.807) is 0 Å². The highest BCUT2D eigenvalue weighted by Gasteiger charge is 2.46. The molecule has 0 aliphatic carbocycles. The van der Waals surface area contributed by atoms with E-state index in [9.17, 15) is 26.4 Å². The maximum Gasteiger partial charge on any atom is 0.516 e. The lowest BCUT2D eigenvalue weighted by molar-refractivity contribution is -0.0429. The van der Waals surface area contributed by atoms with Gasteiger partial charge in [0.05, 0.1) is 5.69 Å². The molecule has 1 aromatic heterocycles. The molecule has 2 bridgehead atoms. The summed E-state index contributed by atoms with van der Waals surface area (Å²) in [6.45, 7) is 0. The van der Waals surface area contributed by atoms with E-state index in [0.29, 0.717) is 6.04 Å². The number of sulfonamides is 1. The van der Waals surface area contributed by atoms with Crippen molar-refractivity contribution in [3.8, 4) is 11.3 Å². The molecule has 3 heterocycles. The molecule has 7 nitrogen and oxygen atoms in total. The molecule has 0 saturated carbocycles. The Morgan fingerprint density at radius 3 is 2.55 bits per heavy atom. The maximum atomic E-state index is 12.7. The summed E-state index contributed by atoms with van der Waals surface area (Å²) in [7, 11) is -5.59. The van der Waals surface area contributed by atoms with E-state index in [1.807, 2.05) is 0 Å². The highest BCUT2D eigenvalue weighted by atomic mass is 32.2. The molecule has 0 radical (unpaired) electrons. The number of nitrogens with one attached hydrogen (secondary N) is 3. The maximum absolute atomic E-state index is 12.7. The van der Waals surface area contributed by atoms with E-state index in [1.165, 1.54) is 41.1 Å². The summed E-state index contributed by atoms with van der Waals surface area (Å²) in [6.07, 6.45) is 2.92. The number of hydrogen-bond acceptors (Lipinski definition) is 5. The van der Waals surface area contributed by atoms with Gasteiger partial charge in [0.2, 0.25) is 0 Å². The van der Waals surface area contributed by atoms with Crippen LogP contribution >= 0.6 is 0 Å². The number of carbonyl (C=O) groups is 1. The van der Waals surface area contributed by atoms with Gasteiger partial charge < -0.3 is 15.1 Å². The Bertz CT molecular complexity index is 1030. The zero-order valence-corrected chi connectivity index (χ0v) is 15.8. The highest BCUT2D eigenvalue weighted by molar-refractivity contribution is 7.93. The third kappa shape index (κ3) is 3.84. The molecule has 29 heavy (non-hydrogen) atoms. The Balaban J connectivity index is 1.53. The van der Waals surface area contributed by atoms with Crippen LogP contribution in [0.2, 0.25) is 0 Å². The number of alkyl halides is 3. The van der Waals surface area contributed by atoms with Gasteiger partial charge in [-0.1, -0.05) is 12.1 Å². The second-order valence-electron chi connectivity index (χ2n) is 7.12. The minimum absolute atomic E-state index is 0.000631. The molecule has 2 fully saturated rings. The topological polar surface area (TPSA) is 100 Å². The lowest BCUT2D eigenvalue weighted by Crippen LogP contribution is -2.42. The molecule has 3 atom stereocenters. The summed E-state index contributed by atoms with van der Waals surface area (Å²) in [5.74, 6) is -0.359. The number of amides is 1. The Morgan fingerprint density at radius 1 is 1.14 bits per heavy atom. The lowest BCUT2D eigenvalue weighted by Gasteiger charge is -2.20. The fourth-order valence-electron chi connectivity index (χ4n) is 3.82. The van der Waals surface area contributed by atoms with Crippen LogP contribution < -0.4 is 15.4 Å². The highest BCUT2D eigenvalue weighted by Crippen LogP contribution is 2.33. The predicted octanol–water partition coefficient (Wildman–Crippen LogP) is 2.83. The van der Waals surface area contributed by atoms with E-state index < -0.39 is 21.4 Å². The Kier molecular flexibility index (Phi) is 4.82. The number of halogens is 3. The van der Waals surface area contributed by atoms with E-state index in [4.69, 9.17) is 4.42 Å². The van der Waals surface area contributed by atoms with E-state index in [0.717, 1.165) is 19.3 Å². The number of hydrogen-bond donors (Lipinski definition) is 3. The van der Waals surface area contributed by atoms with Crippen molar-refractivity contribution in [3.05, 3.63) is 42.2 Å². The molecule has 2 aromatic rings. The summed E-state index contributed by atoms with van der Waals surface area (Å²) >= 11 is 0. The molecule has 2 aliphatic rings. The minimum atomic E-state index is -5.59. The first kappa shape index (κ1) is 19.8. The van der Waals surface area contributed by atoms with Gasteiger partial charge in [-0.2, -0.15) is 21.6 Å². The van der Waals surface area contributed by atoms with Crippen molar-refractivity contribution in [2.24, 2.45) is 0 Å². The normalized spacial score (nSPS) is 23.9. The van der Waals surface area contributed by atoms with Gasteiger partial charge in [0, 0.05) is 23.7 Å². The molecule has 3 N–H and O–H groups in total. The molecule has 2 saturated heterocycles. The zero-order valence-electron chi connectivity index (χ0n) is 15.0. The second kappa shape index (κ2) is 7.06. The average molecular weight is 429 g/mol. The van der Waals surface area contributed by atoms with Gasteiger partial charge >= 0.3 is 15.5 Å². The molecular weight excluding hydrogens is 411 g/mol. The van der Waals surface area contributed by atoms with E-state index >= 15 is 0 Å². The van der Waals surface area contributed by atoms with Crippen molar-refractivity contribution in [2.45, 2.75) is 42.9 Å². The number of rotatable bonds is 5. The molecule has 0 spiro atoms. The van der Waals surface area contributed by atoms with Crippen molar-refractivity contribution in [3.63, 3.8) is 0 Å². The van der Waals surface area contributed by atoms with Crippen LogP contribution in [0.5, 0.6) is 0 Å². The number of benzene rings is 1. The van der Waals surface area contributed by atoms with Crippen LogP contribution in [0.1, 0.15) is 29.8 Å². The molecule has 1 amide bonds. The minimum Gasteiger partial charge on any atom is -0.451 e. The van der Waals surface area contributed by atoms with Gasteiger partial charge in [-0.15, -0.1) is 0 Å². The fraction of sp³-hybridized carbons (Fsp3) is 0.389. The summed E-state index contributed by atoms with van der Waals surface area (Å²) in [4.78, 5) is 12.5.